The van der Waals surface area contributed by atoms with E-state index >= 15 is 0 Å². The van der Waals surface area contributed by atoms with Crippen molar-refractivity contribution in [2.24, 2.45) is 0 Å². The topological polar surface area (TPSA) is 69.0 Å². The highest BCUT2D eigenvalue weighted by molar-refractivity contribution is 5.92. The number of aromatic nitrogens is 3. The molecule has 0 saturated carbocycles. The van der Waals surface area contributed by atoms with Gasteiger partial charge in [0, 0.05) is 24.2 Å². The Hall–Kier alpha value is -3.15. The molecule has 1 aliphatic rings. The summed E-state index contributed by atoms with van der Waals surface area (Å²) >= 11 is 0. The Morgan fingerprint density at radius 1 is 1.10 bits per heavy atom. The summed E-state index contributed by atoms with van der Waals surface area (Å²) in [7, 11) is 0. The van der Waals surface area contributed by atoms with Gasteiger partial charge in [0.1, 0.15) is 11.6 Å². The number of hydrogen-bond donors (Lipinski definition) is 1. The predicted octanol–water partition coefficient (Wildman–Crippen LogP) is 4.25. The van der Waals surface area contributed by atoms with E-state index in [9.17, 15) is 4.79 Å². The van der Waals surface area contributed by atoms with E-state index in [0.717, 1.165) is 66.4 Å². The summed E-state index contributed by atoms with van der Waals surface area (Å²) in [6.07, 6.45) is 5.36. The number of nitrogens with zero attached hydrogens (tertiary/aromatic N) is 3. The molecule has 6 nitrogen and oxygen atoms in total. The number of benzene rings is 2. The van der Waals surface area contributed by atoms with Crippen molar-refractivity contribution in [2.45, 2.75) is 45.6 Å². The first-order valence-electron chi connectivity index (χ1n) is 10.3. The summed E-state index contributed by atoms with van der Waals surface area (Å²) in [5, 5.41) is 11.7. The van der Waals surface area contributed by atoms with Crippen molar-refractivity contribution in [3.05, 3.63) is 59.9 Å². The van der Waals surface area contributed by atoms with Crippen LogP contribution >= 0.6 is 0 Å². The molecule has 0 spiro atoms. The van der Waals surface area contributed by atoms with Crippen LogP contribution in [0.1, 0.15) is 37.6 Å². The third kappa shape index (κ3) is 4.47. The molecule has 2 aromatic carbocycles. The maximum atomic E-state index is 12.4. The monoisotopic (exact) mass is 390 g/mol. The Labute approximate surface area is 170 Å². The largest absolute Gasteiger partial charge is 0.483 e. The summed E-state index contributed by atoms with van der Waals surface area (Å²) in [5.74, 6) is 2.49. The van der Waals surface area contributed by atoms with Crippen LogP contribution in [0.25, 0.3) is 11.4 Å². The van der Waals surface area contributed by atoms with Crippen LogP contribution in [0.2, 0.25) is 0 Å². The van der Waals surface area contributed by atoms with E-state index in [1.807, 2.05) is 48.5 Å². The van der Waals surface area contributed by atoms with Gasteiger partial charge < -0.3 is 14.6 Å². The number of ether oxygens (including phenoxy) is 1. The van der Waals surface area contributed by atoms with E-state index in [2.05, 4.69) is 27.0 Å². The number of carbonyl (C=O) groups excluding carboxylic acids is 1. The molecule has 1 aromatic heterocycles. The second-order valence-corrected chi connectivity index (χ2v) is 7.28. The van der Waals surface area contributed by atoms with Crippen molar-refractivity contribution >= 4 is 11.6 Å². The molecule has 29 heavy (non-hydrogen) atoms. The van der Waals surface area contributed by atoms with Crippen molar-refractivity contribution in [1.29, 1.82) is 0 Å². The van der Waals surface area contributed by atoms with E-state index < -0.39 is 0 Å². The molecule has 150 valence electrons. The highest BCUT2D eigenvalue weighted by Gasteiger charge is 2.16. The fraction of sp³-hybridized carbons (Fsp3) is 0.348. The van der Waals surface area contributed by atoms with Crippen LogP contribution < -0.4 is 10.1 Å². The highest BCUT2D eigenvalue weighted by Crippen LogP contribution is 2.25. The zero-order valence-corrected chi connectivity index (χ0v) is 16.7. The molecule has 3 aromatic rings. The van der Waals surface area contributed by atoms with Gasteiger partial charge >= 0.3 is 0 Å². The van der Waals surface area contributed by atoms with Gasteiger partial charge in [0.15, 0.2) is 12.4 Å². The lowest BCUT2D eigenvalue weighted by Crippen LogP contribution is -2.20. The van der Waals surface area contributed by atoms with Gasteiger partial charge in [-0.1, -0.05) is 43.7 Å². The Kier molecular flexibility index (Phi) is 5.89. The van der Waals surface area contributed by atoms with Crippen molar-refractivity contribution in [3.8, 4) is 17.1 Å². The van der Waals surface area contributed by atoms with E-state index in [0.29, 0.717) is 0 Å². The lowest BCUT2D eigenvalue weighted by atomic mass is 10.1. The molecular formula is C23H26N4O2. The van der Waals surface area contributed by atoms with Gasteiger partial charge in [0.05, 0.1) is 0 Å². The van der Waals surface area contributed by atoms with Crippen LogP contribution in [0.4, 0.5) is 5.69 Å². The van der Waals surface area contributed by atoms with E-state index in [-0.39, 0.29) is 12.5 Å². The van der Waals surface area contributed by atoms with Gasteiger partial charge in [0.2, 0.25) is 0 Å². The molecule has 1 amide bonds. The first-order chi connectivity index (χ1) is 14.2. The van der Waals surface area contributed by atoms with Crippen molar-refractivity contribution in [3.63, 3.8) is 0 Å². The second-order valence-electron chi connectivity index (χ2n) is 7.28. The molecule has 1 N–H and O–H groups in total. The number of amides is 1. The SMILES string of the molecule is CCc1ccccc1OCC(=O)Nc1cccc(-c2nnc3n2CCCCC3)c1. The zero-order chi connectivity index (χ0) is 20.1. The molecule has 2 heterocycles. The number of hydrogen-bond acceptors (Lipinski definition) is 4. The van der Waals surface area contributed by atoms with Crippen LogP contribution in [-0.2, 0) is 24.2 Å². The third-order valence-electron chi connectivity index (χ3n) is 5.23. The van der Waals surface area contributed by atoms with Gasteiger partial charge in [0.25, 0.3) is 5.91 Å². The Morgan fingerprint density at radius 3 is 2.90 bits per heavy atom. The van der Waals surface area contributed by atoms with E-state index in [1.54, 1.807) is 0 Å². The average molecular weight is 390 g/mol. The molecule has 1 aliphatic heterocycles. The minimum absolute atomic E-state index is 0.0262. The molecule has 6 heteroatoms. The molecular weight excluding hydrogens is 364 g/mol. The van der Waals surface area contributed by atoms with Gasteiger partial charge in [-0.2, -0.15) is 0 Å². The molecule has 0 unspecified atom stereocenters. The molecule has 0 atom stereocenters. The summed E-state index contributed by atoms with van der Waals surface area (Å²) in [6, 6.07) is 15.5. The quantitative estimate of drug-likeness (QED) is 0.683. The Morgan fingerprint density at radius 2 is 2.00 bits per heavy atom. The summed E-state index contributed by atoms with van der Waals surface area (Å²) in [6.45, 7) is 2.99. The van der Waals surface area contributed by atoms with Crippen LogP contribution in [0, 0.1) is 0 Å². The Bertz CT molecular complexity index is 996. The Balaban J connectivity index is 1.44. The fourth-order valence-electron chi connectivity index (χ4n) is 3.71. The maximum Gasteiger partial charge on any atom is 0.262 e. The number of rotatable bonds is 6. The van der Waals surface area contributed by atoms with Crippen molar-refractivity contribution in [2.75, 3.05) is 11.9 Å². The van der Waals surface area contributed by atoms with Crippen molar-refractivity contribution in [1.82, 2.24) is 14.8 Å². The van der Waals surface area contributed by atoms with Crippen LogP contribution in [0.5, 0.6) is 5.75 Å². The molecule has 0 aliphatic carbocycles. The third-order valence-corrected chi connectivity index (χ3v) is 5.23. The van der Waals surface area contributed by atoms with Gasteiger partial charge in [-0.05, 0) is 43.0 Å². The zero-order valence-electron chi connectivity index (χ0n) is 16.7. The smallest absolute Gasteiger partial charge is 0.262 e. The summed E-state index contributed by atoms with van der Waals surface area (Å²) in [5.41, 5.74) is 2.78. The number of aryl methyl sites for hydroxylation is 2. The number of nitrogens with one attached hydrogen (secondary N) is 1. The van der Waals surface area contributed by atoms with Crippen molar-refractivity contribution < 1.29 is 9.53 Å². The number of anilines is 1. The van der Waals surface area contributed by atoms with Crippen LogP contribution in [-0.4, -0.2) is 27.3 Å². The number of carbonyl (C=O) groups is 1. The highest BCUT2D eigenvalue weighted by atomic mass is 16.5. The normalized spacial score (nSPS) is 13.4. The number of fused-ring (bicyclic) bond motifs is 1. The second kappa shape index (κ2) is 8.90. The number of para-hydroxylation sites is 1. The lowest BCUT2D eigenvalue weighted by Gasteiger charge is -2.11. The van der Waals surface area contributed by atoms with E-state index in [1.165, 1.54) is 6.42 Å². The van der Waals surface area contributed by atoms with Gasteiger partial charge in [-0.3, -0.25) is 4.79 Å². The van der Waals surface area contributed by atoms with Crippen LogP contribution in [0.3, 0.4) is 0 Å². The minimum atomic E-state index is -0.187. The standard InChI is InChI=1S/C23H26N4O2/c1-2-17-9-5-6-12-20(17)29-16-22(28)24-19-11-8-10-18(15-19)23-26-25-21-13-4-3-7-14-27(21)23/h5-6,8-12,15H,2-4,7,13-14,16H2,1H3,(H,24,28). The molecule has 4 rings (SSSR count). The van der Waals surface area contributed by atoms with Gasteiger partial charge in [-0.15, -0.1) is 10.2 Å². The predicted molar refractivity (Wildman–Crippen MR) is 113 cm³/mol. The minimum Gasteiger partial charge on any atom is -0.483 e. The van der Waals surface area contributed by atoms with E-state index in [4.69, 9.17) is 4.74 Å². The first-order valence-corrected chi connectivity index (χ1v) is 10.3. The van der Waals surface area contributed by atoms with Crippen LogP contribution in [0.15, 0.2) is 48.5 Å². The van der Waals surface area contributed by atoms with Gasteiger partial charge in [-0.25, -0.2) is 0 Å². The first kappa shape index (κ1) is 19.2. The molecule has 0 bridgehead atoms. The average Bonchev–Trinajstić information content (AvgIpc) is 3.01. The summed E-state index contributed by atoms with van der Waals surface area (Å²) < 4.78 is 7.92. The molecule has 0 radical (unpaired) electrons. The fourth-order valence-corrected chi connectivity index (χ4v) is 3.71. The lowest BCUT2D eigenvalue weighted by molar-refractivity contribution is -0.118. The summed E-state index contributed by atoms with van der Waals surface area (Å²) in [4.78, 5) is 12.4. The molecule has 0 saturated heterocycles. The maximum absolute atomic E-state index is 12.4. The molecule has 0 fully saturated rings.